The first-order valence-corrected chi connectivity index (χ1v) is 23.6. The van der Waals surface area contributed by atoms with Crippen molar-refractivity contribution in [1.82, 2.24) is 5.73 Å². The highest BCUT2D eigenvalue weighted by Crippen LogP contribution is 2.57. The fourth-order valence-electron chi connectivity index (χ4n) is 8.47. The van der Waals surface area contributed by atoms with Crippen LogP contribution in [0.2, 0.25) is 0 Å². The quantitative estimate of drug-likeness (QED) is 0.0292. The molecule has 8 aromatic rings. The van der Waals surface area contributed by atoms with Gasteiger partial charge in [0.25, 0.3) is 17.7 Å². The van der Waals surface area contributed by atoms with Crippen LogP contribution in [0.4, 0.5) is 49.1 Å². The zero-order valence-electron chi connectivity index (χ0n) is 41.7. The Morgan fingerprint density at radius 1 is 0.405 bits per heavy atom. The van der Waals surface area contributed by atoms with Crippen LogP contribution >= 0.6 is 0 Å². The maximum atomic E-state index is 14.7. The number of hydrogen-bond donors (Lipinski definition) is 7. The molecule has 0 aliphatic heterocycles. The van der Waals surface area contributed by atoms with Gasteiger partial charge < -0.3 is 45.9 Å². The molecule has 1 radical (unpaired) electrons. The van der Waals surface area contributed by atoms with E-state index in [-0.39, 0.29) is 62.9 Å². The summed E-state index contributed by atoms with van der Waals surface area (Å²) in [5.41, 5.74) is -0.238. The molecule has 0 atom stereocenters. The van der Waals surface area contributed by atoms with E-state index < -0.39 is 74.9 Å². The van der Waals surface area contributed by atoms with Crippen molar-refractivity contribution in [2.75, 3.05) is 16.0 Å². The summed E-state index contributed by atoms with van der Waals surface area (Å²) in [4.78, 5) is 51.6. The van der Waals surface area contributed by atoms with Crippen LogP contribution in [-0.2, 0) is 10.8 Å². The molecule has 8 rings (SSSR count). The van der Waals surface area contributed by atoms with Crippen LogP contribution in [0.3, 0.4) is 0 Å². The van der Waals surface area contributed by atoms with Crippen molar-refractivity contribution in [2.45, 2.75) is 44.0 Å². The second-order valence-corrected chi connectivity index (χ2v) is 18.5. The minimum atomic E-state index is -6.07. The monoisotopic (exact) mass is 1080 g/mol. The van der Waals surface area contributed by atoms with E-state index in [1.54, 1.807) is 72.8 Å². The number of ether oxygens (including phenoxy) is 2. The molecular formula is C59H45F6N4O10. The van der Waals surface area contributed by atoms with Crippen molar-refractivity contribution in [2.24, 2.45) is 0 Å². The van der Waals surface area contributed by atoms with Crippen molar-refractivity contribution in [3.63, 3.8) is 0 Å². The molecule has 0 fully saturated rings. The number of ketones is 1. The molecule has 0 bridgehead atoms. The summed E-state index contributed by atoms with van der Waals surface area (Å²) in [5.74, 6) is -3.03. The van der Waals surface area contributed by atoms with E-state index in [4.69, 9.17) is 15.2 Å². The summed E-state index contributed by atoms with van der Waals surface area (Å²) < 4.78 is 100. The fraction of sp³-hybridized carbons (Fsp3) is 0.119. The Bertz CT molecular complexity index is 3610. The number of amides is 3. The predicted molar refractivity (Wildman–Crippen MR) is 280 cm³/mol. The molecule has 8 aromatic carbocycles. The van der Waals surface area contributed by atoms with Crippen LogP contribution in [0, 0.1) is 0 Å². The number of benzene rings is 8. The van der Waals surface area contributed by atoms with Crippen LogP contribution in [0.25, 0.3) is 0 Å². The van der Waals surface area contributed by atoms with Crippen LogP contribution in [-0.4, -0.2) is 56.3 Å². The highest BCUT2D eigenvalue weighted by atomic mass is 19.4. The smallest absolute Gasteiger partial charge is 0.411 e. The van der Waals surface area contributed by atoms with Gasteiger partial charge in [-0.05, 0) is 175 Å². The van der Waals surface area contributed by atoms with Gasteiger partial charge >= 0.3 is 12.4 Å². The molecular weight excluding hydrogens is 1040 g/mol. The van der Waals surface area contributed by atoms with Crippen LogP contribution < -0.4 is 31.2 Å². The largest absolute Gasteiger partial charge is 0.506 e. The van der Waals surface area contributed by atoms with Crippen LogP contribution in [0.1, 0.15) is 84.5 Å². The Hall–Kier alpha value is -9.98. The van der Waals surface area contributed by atoms with E-state index in [0.717, 1.165) is 0 Å². The van der Waals surface area contributed by atoms with Gasteiger partial charge in [0.15, 0.2) is 5.78 Å². The summed E-state index contributed by atoms with van der Waals surface area (Å²) in [7, 11) is 0. The van der Waals surface area contributed by atoms with Crippen LogP contribution in [0.15, 0.2) is 170 Å². The molecule has 0 unspecified atom stereocenters. The van der Waals surface area contributed by atoms with Crippen molar-refractivity contribution < 1.29 is 75.4 Å². The third kappa shape index (κ3) is 11.6. The van der Waals surface area contributed by atoms with Gasteiger partial charge in [-0.1, -0.05) is 38.1 Å². The van der Waals surface area contributed by atoms with E-state index in [0.29, 0.717) is 58.5 Å². The normalized spacial score (nSPS) is 11.8. The summed E-state index contributed by atoms with van der Waals surface area (Å²) in [6.07, 6.45) is -12.1. The van der Waals surface area contributed by atoms with Gasteiger partial charge in [0.1, 0.15) is 46.0 Å². The average molecular weight is 1080 g/mol. The van der Waals surface area contributed by atoms with Crippen molar-refractivity contribution >= 4 is 46.3 Å². The number of alkyl halides is 6. The highest BCUT2D eigenvalue weighted by Gasteiger charge is 2.72. The van der Waals surface area contributed by atoms with E-state index in [1.807, 2.05) is 13.8 Å². The fourth-order valence-corrected chi connectivity index (χ4v) is 8.47. The number of anilines is 3. The Balaban J connectivity index is 0.898. The van der Waals surface area contributed by atoms with E-state index >= 15 is 0 Å². The Kier molecular flexibility index (Phi) is 15.1. The molecule has 0 heterocycles. The van der Waals surface area contributed by atoms with Gasteiger partial charge in [-0.3, -0.25) is 24.9 Å². The second kappa shape index (κ2) is 21.6. The molecule has 403 valence electrons. The van der Waals surface area contributed by atoms with Crippen molar-refractivity contribution in [1.29, 1.82) is 0 Å². The van der Waals surface area contributed by atoms with Gasteiger partial charge in [0.2, 0.25) is 5.41 Å². The molecule has 0 aliphatic carbocycles. The van der Waals surface area contributed by atoms with Gasteiger partial charge in [-0.15, -0.1) is 0 Å². The Morgan fingerprint density at radius 3 is 0.987 bits per heavy atom. The van der Waals surface area contributed by atoms with E-state index in [1.165, 1.54) is 67.6 Å². The first kappa shape index (κ1) is 55.3. The number of carbonyl (C=O) groups excluding carboxylic acids is 4. The summed E-state index contributed by atoms with van der Waals surface area (Å²) in [6, 6.07) is 35.6. The molecule has 14 nitrogen and oxygen atoms in total. The number of carbonyl (C=O) groups is 4. The summed E-state index contributed by atoms with van der Waals surface area (Å²) in [5, 5.41) is 49.3. The Morgan fingerprint density at radius 2 is 0.684 bits per heavy atom. The maximum absolute atomic E-state index is 14.7. The lowest BCUT2D eigenvalue weighted by atomic mass is 9.72. The number of rotatable bonds is 15. The third-order valence-corrected chi connectivity index (χ3v) is 13.0. The number of Topliss-reactive ketones (excluding diaryl/α,β-unsaturated/α-hetero) is 1. The maximum Gasteiger partial charge on any atom is 0.411 e. The lowest BCUT2D eigenvalue weighted by Crippen LogP contribution is -2.54. The molecule has 3 amide bonds. The number of hydrogen-bond acceptors (Lipinski definition) is 10. The number of phenolic OH excluding ortho intramolecular Hbond substituents is 4. The Labute approximate surface area is 446 Å². The number of aromatic hydroxyl groups is 4. The van der Waals surface area contributed by atoms with Gasteiger partial charge in [0.05, 0.1) is 22.7 Å². The first-order valence-electron chi connectivity index (χ1n) is 23.6. The third-order valence-electron chi connectivity index (χ3n) is 13.0. The lowest BCUT2D eigenvalue weighted by molar-refractivity contribution is -0.288. The van der Waals surface area contributed by atoms with Gasteiger partial charge in [-0.25, -0.2) is 0 Å². The number of phenols is 4. The lowest BCUT2D eigenvalue weighted by Gasteiger charge is -2.38. The minimum absolute atomic E-state index is 0.0731. The molecule has 0 aromatic heterocycles. The molecule has 8 N–H and O–H groups in total. The van der Waals surface area contributed by atoms with Crippen molar-refractivity contribution in [3.8, 4) is 46.0 Å². The average Bonchev–Trinajstić information content (AvgIpc) is 3.39. The zero-order valence-corrected chi connectivity index (χ0v) is 41.7. The van der Waals surface area contributed by atoms with E-state index in [2.05, 4.69) is 16.0 Å². The molecule has 0 saturated heterocycles. The zero-order chi connectivity index (χ0) is 57.2. The molecule has 0 spiro atoms. The number of halogens is 6. The molecule has 0 saturated carbocycles. The number of nitrogens with one attached hydrogen (secondary N) is 4. The molecule has 0 aliphatic rings. The standard InChI is InChI=1S/C59H45F6N4O10/c1-32(70)33-4-16-41(17-5-33)78-42-18-6-34(7-19-42)53(75)67-46-29-37(12-25-50(46)72)56(2,3)38-13-26-51(73)47(30-38)68-54(76)35-8-20-43(21-9-35)79-44-22-10-36(11-23-44)55(77)69-48-31-40(15-27-52(48)74)57(58(60,61)62,59(63,64)65)39-14-24-49(71)45(66)28-39/h4-31,66,71-74H,1-3H3,(H,67,75)(H,68,76)(H,69,77). The van der Waals surface area contributed by atoms with Gasteiger partial charge in [0, 0.05) is 27.7 Å². The minimum Gasteiger partial charge on any atom is -0.506 e. The first-order chi connectivity index (χ1) is 37.2. The van der Waals surface area contributed by atoms with Crippen molar-refractivity contribution in [3.05, 3.63) is 214 Å². The van der Waals surface area contributed by atoms with Gasteiger partial charge in [-0.2, -0.15) is 26.3 Å². The molecule has 20 heteroatoms. The second-order valence-electron chi connectivity index (χ2n) is 18.5. The summed E-state index contributed by atoms with van der Waals surface area (Å²) >= 11 is 0. The predicted octanol–water partition coefficient (Wildman–Crippen LogP) is 13.7. The van der Waals surface area contributed by atoms with Crippen LogP contribution in [0.5, 0.6) is 46.0 Å². The summed E-state index contributed by atoms with van der Waals surface area (Å²) in [6.45, 7) is 5.21. The topological polar surface area (TPSA) is 228 Å². The highest BCUT2D eigenvalue weighted by molar-refractivity contribution is 6.06. The molecule has 79 heavy (non-hydrogen) atoms. The SMILES string of the molecule is CC(=O)c1ccc(Oc2ccc(C(=O)Nc3cc(C(C)(C)c4ccc(O)c(NC(=O)c5ccc(Oc6ccc(C(=O)Nc7cc(C(c8ccc(O)c([NH])c8)(C(F)(F)F)C(F)(F)F)ccc7O)cc6)cc5)c4)ccc3O)cc2)cc1. The van der Waals surface area contributed by atoms with E-state index in [9.17, 15) is 65.9 Å².